The van der Waals surface area contributed by atoms with Crippen LogP contribution in [0, 0.1) is 13.8 Å². The van der Waals surface area contributed by atoms with Crippen molar-refractivity contribution in [3.8, 4) is 11.1 Å². The highest BCUT2D eigenvalue weighted by Crippen LogP contribution is 2.31. The van der Waals surface area contributed by atoms with Gasteiger partial charge < -0.3 is 0 Å². The molecule has 0 radical (unpaired) electrons. The zero-order valence-corrected chi connectivity index (χ0v) is 16.7. The van der Waals surface area contributed by atoms with Gasteiger partial charge in [-0.15, -0.1) is 0 Å². The summed E-state index contributed by atoms with van der Waals surface area (Å²) in [6.45, 7) is 4.63. The number of rotatable bonds is 1. The molecule has 29 heavy (non-hydrogen) atoms. The summed E-state index contributed by atoms with van der Waals surface area (Å²) in [6, 6.07) is 34.1. The van der Waals surface area contributed by atoms with E-state index >= 15 is 0 Å². The Bertz CT molecular complexity index is 1320. The van der Waals surface area contributed by atoms with Gasteiger partial charge in [0.05, 0.1) is 0 Å². The zero-order chi connectivity index (χ0) is 19.5. The molecule has 0 amide bonds. The van der Waals surface area contributed by atoms with Crippen LogP contribution in [0.3, 0.4) is 0 Å². The molecule has 1 heterocycles. The lowest BCUT2D eigenvalue weighted by Crippen LogP contribution is -2.48. The van der Waals surface area contributed by atoms with E-state index in [0.29, 0.717) is 0 Å². The molecule has 0 spiro atoms. The molecule has 0 atom stereocenters. The Hall–Kier alpha value is -3.32. The maximum Gasteiger partial charge on any atom is 0.242 e. The lowest BCUT2D eigenvalue weighted by molar-refractivity contribution is 1.51. The van der Waals surface area contributed by atoms with Crippen molar-refractivity contribution in [2.45, 2.75) is 13.8 Å². The monoisotopic (exact) mass is 368 g/mol. The highest BCUT2D eigenvalue weighted by atomic mass is 14.2. The van der Waals surface area contributed by atoms with E-state index in [0.717, 1.165) is 0 Å². The van der Waals surface area contributed by atoms with Crippen molar-refractivity contribution in [2.24, 2.45) is 0 Å². The van der Waals surface area contributed by atoms with Crippen molar-refractivity contribution < 1.29 is 0 Å². The zero-order valence-electron chi connectivity index (χ0n) is 16.7. The predicted octanol–water partition coefficient (Wildman–Crippen LogP) is 5.11. The summed E-state index contributed by atoms with van der Waals surface area (Å²) in [5.74, 6) is 0. The molecule has 5 aromatic rings. The van der Waals surface area contributed by atoms with Crippen LogP contribution in [0.1, 0.15) is 11.1 Å². The van der Waals surface area contributed by atoms with E-state index in [2.05, 4.69) is 105 Å². The van der Waals surface area contributed by atoms with Crippen LogP contribution in [0.25, 0.3) is 32.7 Å². The van der Waals surface area contributed by atoms with Crippen LogP contribution in [0.15, 0.2) is 91.0 Å². The highest BCUT2D eigenvalue weighted by molar-refractivity contribution is 6.99. The van der Waals surface area contributed by atoms with E-state index in [1.54, 1.807) is 0 Å². The molecular weight excluding hydrogens is 347 g/mol. The first-order valence-corrected chi connectivity index (χ1v) is 10.3. The molecular formula is C28H21B. The molecule has 0 N–H and O–H groups in total. The molecule has 0 saturated heterocycles. The second kappa shape index (κ2) is 6.09. The summed E-state index contributed by atoms with van der Waals surface area (Å²) in [5.41, 5.74) is 9.61. The molecule has 1 heteroatoms. The van der Waals surface area contributed by atoms with Crippen molar-refractivity contribution in [3.05, 3.63) is 102 Å². The summed E-state index contributed by atoms with van der Waals surface area (Å²) in [5, 5.41) is 5.30. The van der Waals surface area contributed by atoms with Crippen molar-refractivity contribution in [2.75, 3.05) is 0 Å². The Morgan fingerprint density at radius 2 is 1.00 bits per heavy atom. The number of aryl methyl sites for hydroxylation is 2. The van der Waals surface area contributed by atoms with Gasteiger partial charge in [-0.25, -0.2) is 0 Å². The van der Waals surface area contributed by atoms with E-state index in [1.807, 2.05) is 0 Å². The van der Waals surface area contributed by atoms with Gasteiger partial charge >= 0.3 is 0 Å². The van der Waals surface area contributed by atoms with Gasteiger partial charge in [-0.05, 0) is 58.7 Å². The quantitative estimate of drug-likeness (QED) is 0.354. The third-order valence-corrected chi connectivity index (χ3v) is 6.37. The summed E-state index contributed by atoms with van der Waals surface area (Å²) < 4.78 is 0. The fraction of sp³-hybridized carbons (Fsp3) is 0.0714. The molecule has 0 saturated carbocycles. The summed E-state index contributed by atoms with van der Waals surface area (Å²) in [6.07, 6.45) is 0. The van der Waals surface area contributed by atoms with Crippen LogP contribution in [0.4, 0.5) is 0 Å². The molecule has 0 aromatic heterocycles. The molecule has 0 fully saturated rings. The minimum atomic E-state index is 0.288. The van der Waals surface area contributed by atoms with E-state index in [4.69, 9.17) is 0 Å². The third-order valence-electron chi connectivity index (χ3n) is 6.37. The van der Waals surface area contributed by atoms with Crippen molar-refractivity contribution in [1.82, 2.24) is 0 Å². The van der Waals surface area contributed by atoms with Crippen LogP contribution in [0.5, 0.6) is 0 Å². The number of benzene rings is 5. The van der Waals surface area contributed by atoms with E-state index < -0.39 is 0 Å². The summed E-state index contributed by atoms with van der Waals surface area (Å²) >= 11 is 0. The minimum Gasteiger partial charge on any atom is -0.0686 e. The number of hydrogen-bond acceptors (Lipinski definition) is 0. The first kappa shape index (κ1) is 16.6. The largest absolute Gasteiger partial charge is 0.242 e. The minimum absolute atomic E-state index is 0.288. The maximum atomic E-state index is 2.42. The van der Waals surface area contributed by atoms with Crippen LogP contribution in [-0.2, 0) is 0 Å². The topological polar surface area (TPSA) is 0 Å². The summed E-state index contributed by atoms with van der Waals surface area (Å²) in [4.78, 5) is 0. The number of hydrogen-bond donors (Lipinski definition) is 0. The van der Waals surface area contributed by atoms with Gasteiger partial charge in [0.15, 0.2) is 0 Å². The van der Waals surface area contributed by atoms with Gasteiger partial charge in [0.25, 0.3) is 0 Å². The Labute approximate surface area is 171 Å². The Morgan fingerprint density at radius 1 is 0.483 bits per heavy atom. The molecule has 0 bridgehead atoms. The normalized spacial score (nSPS) is 12.4. The van der Waals surface area contributed by atoms with Gasteiger partial charge in [0, 0.05) is 0 Å². The average molecular weight is 368 g/mol. The average Bonchev–Trinajstić information content (AvgIpc) is 3.03. The first-order chi connectivity index (χ1) is 14.2. The summed E-state index contributed by atoms with van der Waals surface area (Å²) in [7, 11) is 0. The Balaban J connectivity index is 1.71. The number of fused-ring (bicyclic) bond motifs is 5. The van der Waals surface area contributed by atoms with Crippen LogP contribution < -0.4 is 16.4 Å². The fourth-order valence-electron chi connectivity index (χ4n) is 4.99. The van der Waals surface area contributed by atoms with Crippen molar-refractivity contribution in [1.29, 1.82) is 0 Å². The highest BCUT2D eigenvalue weighted by Gasteiger charge is 2.33. The third kappa shape index (κ3) is 2.54. The molecule has 1 aliphatic rings. The van der Waals surface area contributed by atoms with Gasteiger partial charge in [0.2, 0.25) is 6.71 Å². The Kier molecular flexibility index (Phi) is 3.49. The molecule has 136 valence electrons. The first-order valence-electron chi connectivity index (χ1n) is 10.3. The van der Waals surface area contributed by atoms with E-state index in [9.17, 15) is 0 Å². The van der Waals surface area contributed by atoms with Gasteiger partial charge in [-0.2, -0.15) is 0 Å². The van der Waals surface area contributed by atoms with E-state index in [-0.39, 0.29) is 6.71 Å². The van der Waals surface area contributed by atoms with Gasteiger partial charge in [-0.3, -0.25) is 0 Å². The Morgan fingerprint density at radius 3 is 1.52 bits per heavy atom. The van der Waals surface area contributed by atoms with Crippen LogP contribution in [0.2, 0.25) is 0 Å². The lowest BCUT2D eigenvalue weighted by atomic mass is 9.39. The van der Waals surface area contributed by atoms with Crippen molar-refractivity contribution >= 4 is 44.6 Å². The second-order valence-electron chi connectivity index (χ2n) is 8.42. The SMILES string of the molecule is Cc1ccc2cc3c(cc2c1)B(c1ccccc1)c1cc2cc(C)ccc2cc1-3. The molecule has 6 rings (SSSR count). The lowest BCUT2D eigenvalue weighted by Gasteiger charge is -2.12. The van der Waals surface area contributed by atoms with Gasteiger partial charge in [-0.1, -0.05) is 106 Å². The molecule has 1 aliphatic heterocycles. The standard InChI is InChI=1S/C28H21B/c1-18-8-10-20-14-25-26-15-21-11-9-19(2)13-23(21)17-28(26)29(24-6-4-3-5-7-24)27(25)16-22(20)12-18/h3-17H,1-2H3. The molecule has 5 aromatic carbocycles. The van der Waals surface area contributed by atoms with E-state index in [1.165, 1.54) is 60.2 Å². The van der Waals surface area contributed by atoms with Gasteiger partial charge in [0.1, 0.15) is 0 Å². The maximum absolute atomic E-state index is 2.42. The van der Waals surface area contributed by atoms with Crippen LogP contribution >= 0.6 is 0 Å². The van der Waals surface area contributed by atoms with Crippen LogP contribution in [-0.4, -0.2) is 6.71 Å². The predicted molar refractivity (Wildman–Crippen MR) is 127 cm³/mol. The second-order valence-corrected chi connectivity index (χ2v) is 8.42. The molecule has 0 nitrogen and oxygen atoms in total. The molecule has 0 aliphatic carbocycles. The van der Waals surface area contributed by atoms with Crippen molar-refractivity contribution in [3.63, 3.8) is 0 Å². The molecule has 0 unspecified atom stereocenters. The smallest absolute Gasteiger partial charge is 0.0686 e. The fourth-order valence-corrected chi connectivity index (χ4v) is 4.99.